The summed E-state index contributed by atoms with van der Waals surface area (Å²) in [5, 5.41) is 0. The average molecular weight is 369 g/mol. The molecule has 0 heterocycles. The van der Waals surface area contributed by atoms with Crippen LogP contribution >= 0.6 is 15.9 Å². The fraction of sp³-hybridized carbons (Fsp3) is 0.200. The topological polar surface area (TPSA) is 49.4 Å². The first kappa shape index (κ1) is 15.9. The Morgan fingerprint density at radius 2 is 1.76 bits per heavy atom. The van der Waals surface area contributed by atoms with Crippen LogP contribution in [0, 0.1) is 6.92 Å². The van der Waals surface area contributed by atoms with Crippen molar-refractivity contribution < 1.29 is 8.42 Å². The van der Waals surface area contributed by atoms with Crippen molar-refractivity contribution >= 4 is 37.3 Å². The van der Waals surface area contributed by atoms with Gasteiger partial charge in [-0.1, -0.05) is 34.1 Å². The Hall–Kier alpha value is -1.53. The molecule has 0 aliphatic carbocycles. The molecule has 0 spiro atoms. The molecule has 0 aromatic heterocycles. The lowest BCUT2D eigenvalue weighted by Crippen LogP contribution is -2.17. The van der Waals surface area contributed by atoms with Gasteiger partial charge in [-0.2, -0.15) is 0 Å². The first-order valence-electron chi connectivity index (χ1n) is 6.36. The van der Waals surface area contributed by atoms with Gasteiger partial charge in [-0.3, -0.25) is 4.72 Å². The van der Waals surface area contributed by atoms with Crippen LogP contribution in [0.15, 0.2) is 51.8 Å². The van der Waals surface area contributed by atoms with E-state index in [1.165, 1.54) is 0 Å². The Balaban J connectivity index is 2.45. The molecule has 1 N–H and O–H groups in total. The van der Waals surface area contributed by atoms with Gasteiger partial charge >= 0.3 is 0 Å². The molecule has 2 rings (SSSR count). The summed E-state index contributed by atoms with van der Waals surface area (Å²) in [6.07, 6.45) is 0. The SMILES string of the molecule is Cc1ccc(Br)cc1S(=O)(=O)Nc1ccccc1N(C)C. The molecule has 6 heteroatoms. The highest BCUT2D eigenvalue weighted by molar-refractivity contribution is 9.10. The zero-order valence-corrected chi connectivity index (χ0v) is 14.5. The molecule has 4 nitrogen and oxygen atoms in total. The highest BCUT2D eigenvalue weighted by Crippen LogP contribution is 2.28. The van der Waals surface area contributed by atoms with Crippen LogP contribution in [0.4, 0.5) is 11.4 Å². The Morgan fingerprint density at radius 1 is 1.10 bits per heavy atom. The van der Waals surface area contributed by atoms with Crippen molar-refractivity contribution in [3.8, 4) is 0 Å². The first-order chi connectivity index (χ1) is 9.81. The number of nitrogens with zero attached hydrogens (tertiary/aromatic N) is 1. The second-order valence-corrected chi connectivity index (χ2v) is 7.49. The van der Waals surface area contributed by atoms with Gasteiger partial charge in [0.05, 0.1) is 16.3 Å². The van der Waals surface area contributed by atoms with E-state index >= 15 is 0 Å². The zero-order chi connectivity index (χ0) is 15.6. The maximum absolute atomic E-state index is 12.6. The molecule has 2 aromatic carbocycles. The van der Waals surface area contributed by atoms with Crippen molar-refractivity contribution in [1.82, 2.24) is 0 Å². The maximum atomic E-state index is 12.6. The number of sulfonamides is 1. The Morgan fingerprint density at radius 3 is 2.43 bits per heavy atom. The van der Waals surface area contributed by atoms with E-state index in [0.29, 0.717) is 11.3 Å². The second kappa shape index (κ2) is 6.07. The number of hydrogen-bond acceptors (Lipinski definition) is 3. The van der Waals surface area contributed by atoms with Crippen LogP contribution in [0.1, 0.15) is 5.56 Å². The number of hydrogen-bond donors (Lipinski definition) is 1. The van der Waals surface area contributed by atoms with Crippen molar-refractivity contribution in [2.45, 2.75) is 11.8 Å². The molecule has 0 bridgehead atoms. The summed E-state index contributed by atoms with van der Waals surface area (Å²) in [5.74, 6) is 0. The molecule has 0 aliphatic heterocycles. The quantitative estimate of drug-likeness (QED) is 0.896. The monoisotopic (exact) mass is 368 g/mol. The highest BCUT2D eigenvalue weighted by Gasteiger charge is 2.19. The van der Waals surface area contributed by atoms with Gasteiger partial charge in [-0.25, -0.2) is 8.42 Å². The largest absolute Gasteiger partial charge is 0.376 e. The Labute approximate surface area is 134 Å². The molecule has 0 saturated carbocycles. The summed E-state index contributed by atoms with van der Waals surface area (Å²) in [6.45, 7) is 1.78. The lowest BCUT2D eigenvalue weighted by molar-refractivity contribution is 0.600. The van der Waals surface area contributed by atoms with Crippen molar-refractivity contribution in [3.63, 3.8) is 0 Å². The van der Waals surface area contributed by atoms with E-state index in [4.69, 9.17) is 0 Å². The minimum atomic E-state index is -3.63. The minimum Gasteiger partial charge on any atom is -0.376 e. The van der Waals surface area contributed by atoms with Crippen LogP contribution in [-0.2, 0) is 10.0 Å². The maximum Gasteiger partial charge on any atom is 0.262 e. The summed E-state index contributed by atoms with van der Waals surface area (Å²) in [7, 11) is 0.116. The number of anilines is 2. The molecule has 21 heavy (non-hydrogen) atoms. The third-order valence-corrected chi connectivity index (χ3v) is 5.07. The molecule has 0 fully saturated rings. The van der Waals surface area contributed by atoms with E-state index in [0.717, 1.165) is 10.2 Å². The predicted octanol–water partition coefficient (Wildman–Crippen LogP) is 3.62. The lowest BCUT2D eigenvalue weighted by Gasteiger charge is -2.19. The zero-order valence-electron chi connectivity index (χ0n) is 12.1. The number of halogens is 1. The normalized spacial score (nSPS) is 11.2. The summed E-state index contributed by atoms with van der Waals surface area (Å²) >= 11 is 3.31. The van der Waals surface area contributed by atoms with E-state index in [-0.39, 0.29) is 4.90 Å². The van der Waals surface area contributed by atoms with Gasteiger partial charge in [0.25, 0.3) is 10.0 Å². The summed E-state index contributed by atoms with van der Waals surface area (Å²) in [6, 6.07) is 12.5. The standard InChI is InChI=1S/C15H17BrN2O2S/c1-11-8-9-12(16)10-15(11)21(19,20)17-13-6-4-5-7-14(13)18(2)3/h4-10,17H,1-3H3. The van der Waals surface area contributed by atoms with Crippen LogP contribution in [0.5, 0.6) is 0 Å². The summed E-state index contributed by atoms with van der Waals surface area (Å²) in [4.78, 5) is 2.14. The van der Waals surface area contributed by atoms with Crippen molar-refractivity contribution in [2.24, 2.45) is 0 Å². The van der Waals surface area contributed by atoms with E-state index < -0.39 is 10.0 Å². The Kier molecular flexibility index (Phi) is 4.58. The van der Waals surface area contributed by atoms with Crippen molar-refractivity contribution in [3.05, 3.63) is 52.5 Å². The molecular weight excluding hydrogens is 352 g/mol. The third kappa shape index (κ3) is 3.57. The number of benzene rings is 2. The number of rotatable bonds is 4. The van der Waals surface area contributed by atoms with Gasteiger partial charge in [0.15, 0.2) is 0 Å². The summed E-state index contributed by atoms with van der Waals surface area (Å²) in [5.41, 5.74) is 2.07. The van der Waals surface area contributed by atoms with E-state index in [1.807, 2.05) is 37.2 Å². The molecule has 0 unspecified atom stereocenters. The van der Waals surface area contributed by atoms with E-state index in [1.54, 1.807) is 31.2 Å². The number of nitrogens with one attached hydrogen (secondary N) is 1. The van der Waals surface area contributed by atoms with Gasteiger partial charge in [-0.15, -0.1) is 0 Å². The molecule has 2 aromatic rings. The minimum absolute atomic E-state index is 0.269. The molecule has 0 amide bonds. The van der Waals surface area contributed by atoms with Crippen LogP contribution in [-0.4, -0.2) is 22.5 Å². The van der Waals surface area contributed by atoms with Crippen LogP contribution in [0.2, 0.25) is 0 Å². The van der Waals surface area contributed by atoms with Gasteiger partial charge in [0.2, 0.25) is 0 Å². The van der Waals surface area contributed by atoms with Gasteiger partial charge in [0, 0.05) is 18.6 Å². The summed E-state index contributed by atoms with van der Waals surface area (Å²) < 4.78 is 28.6. The molecule has 0 radical (unpaired) electrons. The predicted molar refractivity (Wildman–Crippen MR) is 90.5 cm³/mol. The molecular formula is C15H17BrN2O2S. The average Bonchev–Trinajstić information content (AvgIpc) is 2.41. The van der Waals surface area contributed by atoms with Gasteiger partial charge in [0.1, 0.15) is 0 Å². The molecule has 112 valence electrons. The molecule has 0 saturated heterocycles. The van der Waals surface area contributed by atoms with Gasteiger partial charge < -0.3 is 4.90 Å². The van der Waals surface area contributed by atoms with Crippen LogP contribution < -0.4 is 9.62 Å². The van der Waals surface area contributed by atoms with E-state index in [2.05, 4.69) is 20.7 Å². The molecule has 0 aliphatic rings. The highest BCUT2D eigenvalue weighted by atomic mass is 79.9. The van der Waals surface area contributed by atoms with Crippen molar-refractivity contribution in [1.29, 1.82) is 0 Å². The fourth-order valence-electron chi connectivity index (χ4n) is 2.01. The smallest absolute Gasteiger partial charge is 0.262 e. The van der Waals surface area contributed by atoms with Crippen LogP contribution in [0.3, 0.4) is 0 Å². The Bertz CT molecular complexity index is 758. The fourth-order valence-corrected chi connectivity index (χ4v) is 3.87. The lowest BCUT2D eigenvalue weighted by atomic mass is 10.2. The number of para-hydroxylation sites is 2. The van der Waals surface area contributed by atoms with Crippen LogP contribution in [0.25, 0.3) is 0 Å². The first-order valence-corrected chi connectivity index (χ1v) is 8.64. The van der Waals surface area contributed by atoms with Crippen molar-refractivity contribution in [2.75, 3.05) is 23.7 Å². The number of aryl methyl sites for hydroxylation is 1. The van der Waals surface area contributed by atoms with Gasteiger partial charge in [-0.05, 0) is 36.8 Å². The van der Waals surface area contributed by atoms with E-state index in [9.17, 15) is 8.42 Å². The molecule has 0 atom stereocenters. The third-order valence-electron chi connectivity index (χ3n) is 3.07. The second-order valence-electron chi connectivity index (χ2n) is 4.93.